The zero-order chi connectivity index (χ0) is 16.4. The van der Waals surface area contributed by atoms with Crippen molar-refractivity contribution in [2.45, 2.75) is 27.2 Å². The number of Topliss-reactive ketones (excluding diaryl/α,β-unsaturated/α-hetero) is 4. The van der Waals surface area contributed by atoms with Gasteiger partial charge in [-0.1, -0.05) is 0 Å². The summed E-state index contributed by atoms with van der Waals surface area (Å²) in [5.41, 5.74) is -2.33. The molecule has 1 heterocycles. The van der Waals surface area contributed by atoms with Gasteiger partial charge in [0.25, 0.3) is 11.8 Å². The van der Waals surface area contributed by atoms with Crippen LogP contribution in [0.5, 0.6) is 0 Å². The molecule has 0 N–H and O–H groups in total. The summed E-state index contributed by atoms with van der Waals surface area (Å²) in [6, 6.07) is 0. The quantitative estimate of drug-likeness (QED) is 0.468. The Kier molecular flexibility index (Phi) is 4.67. The fourth-order valence-electron chi connectivity index (χ4n) is 2.39. The summed E-state index contributed by atoms with van der Waals surface area (Å²) in [6.07, 6.45) is 1.68. The number of rotatable bonds is 7. The molecule has 0 aromatic rings. The average molecular weight is 293 g/mol. The Morgan fingerprint density at radius 3 is 1.62 bits per heavy atom. The van der Waals surface area contributed by atoms with Crippen LogP contribution in [0, 0.1) is 5.41 Å². The normalized spacial score (nSPS) is 14.5. The Morgan fingerprint density at radius 1 is 0.905 bits per heavy atom. The van der Waals surface area contributed by atoms with Crippen molar-refractivity contribution >= 4 is 34.9 Å². The SMILES string of the molecule is CC(=O)C(C(C)=O)(C(C)=O)C(=O)CCN1C(=O)C=CC1=O. The van der Waals surface area contributed by atoms with Gasteiger partial charge < -0.3 is 0 Å². The monoisotopic (exact) mass is 293 g/mol. The molecule has 0 spiro atoms. The average Bonchev–Trinajstić information content (AvgIpc) is 2.65. The number of nitrogens with zero attached hydrogens (tertiary/aromatic N) is 1. The molecule has 112 valence electrons. The molecule has 1 aliphatic heterocycles. The Balaban J connectivity index is 2.96. The van der Waals surface area contributed by atoms with Crippen LogP contribution in [0.3, 0.4) is 0 Å². The predicted octanol–water partition coefficient (Wildman–Crippen LogP) is -0.376. The van der Waals surface area contributed by atoms with E-state index < -0.39 is 46.8 Å². The number of hydrogen-bond donors (Lipinski definition) is 0. The molecule has 0 atom stereocenters. The number of hydrogen-bond acceptors (Lipinski definition) is 6. The number of amides is 2. The van der Waals surface area contributed by atoms with Gasteiger partial charge in [0, 0.05) is 25.1 Å². The fraction of sp³-hybridized carbons (Fsp3) is 0.429. The van der Waals surface area contributed by atoms with E-state index >= 15 is 0 Å². The van der Waals surface area contributed by atoms with Gasteiger partial charge in [0.2, 0.25) is 5.41 Å². The van der Waals surface area contributed by atoms with Crippen molar-refractivity contribution < 1.29 is 28.8 Å². The van der Waals surface area contributed by atoms with Crippen molar-refractivity contribution in [2.24, 2.45) is 5.41 Å². The maximum Gasteiger partial charge on any atom is 0.253 e. The highest BCUT2D eigenvalue weighted by atomic mass is 16.2. The lowest BCUT2D eigenvalue weighted by Gasteiger charge is -2.24. The molecule has 21 heavy (non-hydrogen) atoms. The van der Waals surface area contributed by atoms with Crippen LogP contribution in [0.4, 0.5) is 0 Å². The summed E-state index contributed by atoms with van der Waals surface area (Å²) in [5.74, 6) is -4.62. The van der Waals surface area contributed by atoms with E-state index in [1.165, 1.54) is 0 Å². The molecule has 0 radical (unpaired) electrons. The summed E-state index contributed by atoms with van der Waals surface area (Å²) in [6.45, 7) is 2.70. The first kappa shape index (κ1) is 16.6. The van der Waals surface area contributed by atoms with Crippen LogP contribution in [0.25, 0.3) is 0 Å². The highest BCUT2D eigenvalue weighted by molar-refractivity contribution is 6.37. The second-order valence-corrected chi connectivity index (χ2v) is 4.75. The van der Waals surface area contributed by atoms with Gasteiger partial charge in [-0.25, -0.2) is 0 Å². The maximum atomic E-state index is 12.2. The van der Waals surface area contributed by atoms with E-state index in [0.29, 0.717) is 0 Å². The summed E-state index contributed by atoms with van der Waals surface area (Å²) in [5, 5.41) is 0. The van der Waals surface area contributed by atoms with Gasteiger partial charge in [0.15, 0.2) is 23.1 Å². The molecule has 7 heteroatoms. The minimum absolute atomic E-state index is 0.279. The summed E-state index contributed by atoms with van der Waals surface area (Å²) < 4.78 is 0. The van der Waals surface area contributed by atoms with Crippen LogP contribution in [0.1, 0.15) is 27.2 Å². The van der Waals surface area contributed by atoms with Gasteiger partial charge in [-0.3, -0.25) is 33.7 Å². The number of carbonyl (C=O) groups excluding carboxylic acids is 6. The molecule has 0 aromatic carbocycles. The van der Waals surface area contributed by atoms with Gasteiger partial charge in [-0.05, 0) is 20.8 Å². The van der Waals surface area contributed by atoms with Gasteiger partial charge in [-0.2, -0.15) is 0 Å². The minimum Gasteiger partial charge on any atom is -0.298 e. The standard InChI is InChI=1S/C14H15NO6/c1-8(16)14(9(2)17,10(3)18)11(19)6-7-15-12(20)4-5-13(15)21/h4-5H,6-7H2,1-3H3. The summed E-state index contributed by atoms with van der Waals surface area (Å²) in [4.78, 5) is 70.8. The number of imide groups is 1. The smallest absolute Gasteiger partial charge is 0.253 e. The largest absolute Gasteiger partial charge is 0.298 e. The van der Waals surface area contributed by atoms with Crippen LogP contribution in [0.2, 0.25) is 0 Å². The van der Waals surface area contributed by atoms with E-state index in [-0.39, 0.29) is 6.54 Å². The molecule has 1 aliphatic rings. The van der Waals surface area contributed by atoms with Crippen molar-refractivity contribution in [3.05, 3.63) is 12.2 Å². The molecule has 0 bridgehead atoms. The van der Waals surface area contributed by atoms with Crippen molar-refractivity contribution in [1.29, 1.82) is 0 Å². The third kappa shape index (κ3) is 2.72. The van der Waals surface area contributed by atoms with Crippen molar-refractivity contribution in [3.8, 4) is 0 Å². The predicted molar refractivity (Wildman–Crippen MR) is 70.0 cm³/mol. The lowest BCUT2D eigenvalue weighted by atomic mass is 9.72. The van der Waals surface area contributed by atoms with Crippen LogP contribution >= 0.6 is 0 Å². The van der Waals surface area contributed by atoms with Crippen LogP contribution in [-0.4, -0.2) is 46.4 Å². The van der Waals surface area contributed by atoms with Crippen LogP contribution < -0.4 is 0 Å². The molecule has 0 saturated carbocycles. The van der Waals surface area contributed by atoms with Gasteiger partial charge in [0.1, 0.15) is 0 Å². The molecular formula is C14H15NO6. The van der Waals surface area contributed by atoms with Gasteiger partial charge in [-0.15, -0.1) is 0 Å². The lowest BCUT2D eigenvalue weighted by Crippen LogP contribution is -2.50. The first-order chi connectivity index (χ1) is 9.65. The second kappa shape index (κ2) is 5.90. The van der Waals surface area contributed by atoms with E-state index in [1.807, 2.05) is 0 Å². The minimum atomic E-state index is -2.33. The number of ketones is 4. The van der Waals surface area contributed by atoms with E-state index in [1.54, 1.807) is 0 Å². The Bertz CT molecular complexity index is 532. The second-order valence-electron chi connectivity index (χ2n) is 4.75. The molecule has 0 aliphatic carbocycles. The molecular weight excluding hydrogens is 278 g/mol. The lowest BCUT2D eigenvalue weighted by molar-refractivity contribution is -0.152. The molecule has 7 nitrogen and oxygen atoms in total. The van der Waals surface area contributed by atoms with Crippen molar-refractivity contribution in [1.82, 2.24) is 4.90 Å². The zero-order valence-electron chi connectivity index (χ0n) is 12.0. The summed E-state index contributed by atoms with van der Waals surface area (Å²) in [7, 11) is 0. The first-order valence-electron chi connectivity index (χ1n) is 6.25. The van der Waals surface area contributed by atoms with E-state index in [0.717, 1.165) is 37.8 Å². The maximum absolute atomic E-state index is 12.2. The molecule has 0 saturated heterocycles. The van der Waals surface area contributed by atoms with Crippen LogP contribution in [-0.2, 0) is 28.8 Å². The van der Waals surface area contributed by atoms with Crippen molar-refractivity contribution in [3.63, 3.8) is 0 Å². The molecule has 0 aromatic heterocycles. The molecule has 1 rings (SSSR count). The van der Waals surface area contributed by atoms with Gasteiger partial charge >= 0.3 is 0 Å². The third-order valence-electron chi connectivity index (χ3n) is 3.47. The highest BCUT2D eigenvalue weighted by Gasteiger charge is 2.51. The summed E-state index contributed by atoms with van der Waals surface area (Å²) >= 11 is 0. The molecule has 2 amide bonds. The number of carbonyl (C=O) groups is 6. The van der Waals surface area contributed by atoms with Crippen molar-refractivity contribution in [2.75, 3.05) is 6.54 Å². The topological polar surface area (TPSA) is 106 Å². The van der Waals surface area contributed by atoms with Gasteiger partial charge in [0.05, 0.1) is 0 Å². The molecule has 0 unspecified atom stereocenters. The highest BCUT2D eigenvalue weighted by Crippen LogP contribution is 2.25. The Morgan fingerprint density at radius 2 is 1.29 bits per heavy atom. The van der Waals surface area contributed by atoms with E-state index in [4.69, 9.17) is 0 Å². The zero-order valence-corrected chi connectivity index (χ0v) is 12.0. The first-order valence-corrected chi connectivity index (χ1v) is 6.25. The third-order valence-corrected chi connectivity index (χ3v) is 3.47. The fourth-order valence-corrected chi connectivity index (χ4v) is 2.39. The Hall–Kier alpha value is -2.44. The Labute approximate surface area is 121 Å². The molecule has 0 fully saturated rings. The van der Waals surface area contributed by atoms with E-state index in [2.05, 4.69) is 0 Å². The van der Waals surface area contributed by atoms with Crippen LogP contribution in [0.15, 0.2) is 12.2 Å². The van der Waals surface area contributed by atoms with E-state index in [9.17, 15) is 28.8 Å².